The van der Waals surface area contributed by atoms with E-state index in [9.17, 15) is 0 Å². The Morgan fingerprint density at radius 3 is 2.91 bits per heavy atom. The van der Waals surface area contributed by atoms with Gasteiger partial charge in [-0.05, 0) is 25.1 Å². The number of benzene rings is 1. The highest BCUT2D eigenvalue weighted by Gasteiger charge is 2.01. The topological polar surface area (TPSA) is 13.1 Å². The normalized spacial score (nSPS) is 10.7. The average molecular weight is 211 g/mol. The van der Waals surface area contributed by atoms with E-state index < -0.39 is 0 Å². The van der Waals surface area contributed by atoms with Crippen LogP contribution < -0.4 is 0 Å². The fourth-order valence-corrected chi connectivity index (χ4v) is 1.61. The van der Waals surface area contributed by atoms with Crippen LogP contribution in [0.3, 0.4) is 0 Å². The second-order valence-electron chi connectivity index (χ2n) is 2.51. The van der Waals surface area contributed by atoms with E-state index in [1.807, 2.05) is 31.2 Å². The number of fused-ring (bicyclic) bond motifs is 1. The van der Waals surface area contributed by atoms with Gasteiger partial charge in [0.25, 0.3) is 0 Å². The third kappa shape index (κ3) is 1.07. The first kappa shape index (κ1) is 6.92. The molecule has 56 valence electrons. The maximum absolute atomic E-state index is 5.42. The lowest BCUT2D eigenvalue weighted by atomic mass is 10.2. The molecule has 0 aliphatic rings. The second kappa shape index (κ2) is 2.38. The van der Waals surface area contributed by atoms with E-state index >= 15 is 0 Å². The summed E-state index contributed by atoms with van der Waals surface area (Å²) in [5, 5.41) is 1.14. The first-order valence-electron chi connectivity index (χ1n) is 3.42. The zero-order valence-corrected chi connectivity index (χ0v) is 7.68. The van der Waals surface area contributed by atoms with Crippen molar-refractivity contribution in [3.05, 3.63) is 34.5 Å². The van der Waals surface area contributed by atoms with Crippen molar-refractivity contribution in [2.75, 3.05) is 0 Å². The summed E-state index contributed by atoms with van der Waals surface area (Å²) >= 11 is 3.45. The van der Waals surface area contributed by atoms with Gasteiger partial charge in [0.2, 0.25) is 0 Å². The lowest BCUT2D eigenvalue weighted by Gasteiger charge is -1.88. The van der Waals surface area contributed by atoms with E-state index in [-0.39, 0.29) is 0 Å². The minimum absolute atomic E-state index is 0.942. The maximum atomic E-state index is 5.42. The zero-order valence-electron chi connectivity index (χ0n) is 6.10. The standard InChI is InChI=1S/C9H7BrO/c1-6-5-7-8(10)3-2-4-9(7)11-6/h2-5H,1H3. The highest BCUT2D eigenvalue weighted by Crippen LogP contribution is 2.26. The van der Waals surface area contributed by atoms with Gasteiger partial charge in [-0.15, -0.1) is 0 Å². The van der Waals surface area contributed by atoms with Crippen LogP contribution in [-0.2, 0) is 0 Å². The largest absolute Gasteiger partial charge is 0.461 e. The highest BCUT2D eigenvalue weighted by atomic mass is 79.9. The molecular weight excluding hydrogens is 204 g/mol. The van der Waals surface area contributed by atoms with Crippen molar-refractivity contribution in [3.8, 4) is 0 Å². The summed E-state index contributed by atoms with van der Waals surface area (Å²) in [5.41, 5.74) is 0.942. The summed E-state index contributed by atoms with van der Waals surface area (Å²) in [7, 11) is 0. The van der Waals surface area contributed by atoms with Gasteiger partial charge < -0.3 is 4.42 Å². The molecule has 2 heteroatoms. The van der Waals surface area contributed by atoms with Crippen molar-refractivity contribution in [1.29, 1.82) is 0 Å². The van der Waals surface area contributed by atoms with Gasteiger partial charge in [-0.2, -0.15) is 0 Å². The van der Waals surface area contributed by atoms with Crippen LogP contribution in [-0.4, -0.2) is 0 Å². The quantitative estimate of drug-likeness (QED) is 0.649. The molecule has 0 aliphatic heterocycles. The van der Waals surface area contributed by atoms with Crippen LogP contribution in [0.25, 0.3) is 11.0 Å². The van der Waals surface area contributed by atoms with Crippen LogP contribution in [0.4, 0.5) is 0 Å². The molecular formula is C9H7BrO. The fraction of sp³-hybridized carbons (Fsp3) is 0.111. The molecule has 0 radical (unpaired) electrons. The predicted octanol–water partition coefficient (Wildman–Crippen LogP) is 3.50. The van der Waals surface area contributed by atoms with E-state index in [0.717, 1.165) is 21.2 Å². The van der Waals surface area contributed by atoms with Crippen LogP contribution in [0, 0.1) is 6.92 Å². The van der Waals surface area contributed by atoms with Crippen molar-refractivity contribution in [2.24, 2.45) is 0 Å². The Hall–Kier alpha value is -0.760. The van der Waals surface area contributed by atoms with E-state index in [1.54, 1.807) is 0 Å². The minimum Gasteiger partial charge on any atom is -0.461 e. The van der Waals surface area contributed by atoms with Gasteiger partial charge in [-0.25, -0.2) is 0 Å². The number of halogens is 1. The van der Waals surface area contributed by atoms with Crippen molar-refractivity contribution in [1.82, 2.24) is 0 Å². The molecule has 0 aliphatic carbocycles. The first-order chi connectivity index (χ1) is 5.27. The average Bonchev–Trinajstić information content (AvgIpc) is 2.31. The van der Waals surface area contributed by atoms with Gasteiger partial charge in [0.05, 0.1) is 0 Å². The molecule has 0 N–H and O–H groups in total. The van der Waals surface area contributed by atoms with Gasteiger partial charge in [0, 0.05) is 9.86 Å². The fourth-order valence-electron chi connectivity index (χ4n) is 1.15. The number of furan rings is 1. The Morgan fingerprint density at radius 2 is 2.18 bits per heavy atom. The molecule has 0 fully saturated rings. The molecule has 2 aromatic rings. The SMILES string of the molecule is Cc1cc2c(Br)cccc2o1. The third-order valence-corrected chi connectivity index (χ3v) is 2.32. The van der Waals surface area contributed by atoms with Crippen molar-refractivity contribution >= 4 is 26.9 Å². The van der Waals surface area contributed by atoms with Crippen LogP contribution in [0.5, 0.6) is 0 Å². The molecule has 0 amide bonds. The summed E-state index contributed by atoms with van der Waals surface area (Å²) in [6.07, 6.45) is 0. The second-order valence-corrected chi connectivity index (χ2v) is 3.36. The summed E-state index contributed by atoms with van der Waals surface area (Å²) in [5.74, 6) is 0.951. The minimum atomic E-state index is 0.942. The molecule has 0 unspecified atom stereocenters. The number of rotatable bonds is 0. The molecule has 0 atom stereocenters. The van der Waals surface area contributed by atoms with Crippen LogP contribution in [0.1, 0.15) is 5.76 Å². The van der Waals surface area contributed by atoms with Gasteiger partial charge in [-0.3, -0.25) is 0 Å². The molecule has 1 aromatic carbocycles. The summed E-state index contributed by atoms with van der Waals surface area (Å²) < 4.78 is 6.51. The molecule has 0 spiro atoms. The van der Waals surface area contributed by atoms with Crippen LogP contribution in [0.15, 0.2) is 33.2 Å². The Bertz CT molecular complexity index is 389. The molecule has 1 aromatic heterocycles. The van der Waals surface area contributed by atoms with Gasteiger partial charge in [-0.1, -0.05) is 22.0 Å². The molecule has 0 bridgehead atoms. The van der Waals surface area contributed by atoms with Gasteiger partial charge in [0.1, 0.15) is 11.3 Å². The van der Waals surface area contributed by atoms with Crippen LogP contribution >= 0.6 is 15.9 Å². The number of aryl methyl sites for hydroxylation is 1. The van der Waals surface area contributed by atoms with E-state index in [0.29, 0.717) is 0 Å². The number of hydrogen-bond donors (Lipinski definition) is 0. The molecule has 2 rings (SSSR count). The lowest BCUT2D eigenvalue weighted by molar-refractivity contribution is 0.578. The summed E-state index contributed by atoms with van der Waals surface area (Å²) in [6, 6.07) is 7.97. The lowest BCUT2D eigenvalue weighted by Crippen LogP contribution is -1.63. The van der Waals surface area contributed by atoms with E-state index in [4.69, 9.17) is 4.42 Å². The molecule has 0 saturated heterocycles. The number of hydrogen-bond acceptors (Lipinski definition) is 1. The van der Waals surface area contributed by atoms with Crippen molar-refractivity contribution < 1.29 is 4.42 Å². The third-order valence-electron chi connectivity index (χ3n) is 1.63. The molecule has 1 heterocycles. The predicted molar refractivity (Wildman–Crippen MR) is 48.7 cm³/mol. The van der Waals surface area contributed by atoms with Gasteiger partial charge in [0.15, 0.2) is 0 Å². The Labute approximate surface area is 73.1 Å². The highest BCUT2D eigenvalue weighted by molar-refractivity contribution is 9.10. The van der Waals surface area contributed by atoms with Crippen LogP contribution in [0.2, 0.25) is 0 Å². The molecule has 0 saturated carbocycles. The Morgan fingerprint density at radius 1 is 1.36 bits per heavy atom. The monoisotopic (exact) mass is 210 g/mol. The summed E-state index contributed by atoms with van der Waals surface area (Å²) in [6.45, 7) is 1.95. The first-order valence-corrected chi connectivity index (χ1v) is 4.21. The van der Waals surface area contributed by atoms with E-state index in [2.05, 4.69) is 15.9 Å². The van der Waals surface area contributed by atoms with Gasteiger partial charge >= 0.3 is 0 Å². The Balaban J connectivity index is 2.90. The van der Waals surface area contributed by atoms with E-state index in [1.165, 1.54) is 0 Å². The maximum Gasteiger partial charge on any atom is 0.135 e. The molecule has 1 nitrogen and oxygen atoms in total. The Kier molecular flexibility index (Phi) is 1.50. The smallest absolute Gasteiger partial charge is 0.135 e. The molecule has 11 heavy (non-hydrogen) atoms. The zero-order chi connectivity index (χ0) is 7.84. The summed E-state index contributed by atoms with van der Waals surface area (Å²) in [4.78, 5) is 0. The van der Waals surface area contributed by atoms with Crippen molar-refractivity contribution in [3.63, 3.8) is 0 Å². The van der Waals surface area contributed by atoms with Crippen molar-refractivity contribution in [2.45, 2.75) is 6.92 Å².